The number of hydroxylamine groups is 1. The second-order valence-electron chi connectivity index (χ2n) is 5.59. The second-order valence-corrected chi connectivity index (χ2v) is 5.59. The number of hydrogen-bond acceptors (Lipinski definition) is 3. The summed E-state index contributed by atoms with van der Waals surface area (Å²) in [7, 11) is 0. The van der Waals surface area contributed by atoms with Crippen molar-refractivity contribution in [3.63, 3.8) is 0 Å². The highest BCUT2D eigenvalue weighted by atomic mass is 16.7. The zero-order valence-electron chi connectivity index (χ0n) is 12.8. The molecule has 0 aromatic heterocycles. The number of unbranched alkanes of at least 4 members (excludes halogenated alkanes) is 5. The van der Waals surface area contributed by atoms with E-state index in [4.69, 9.17) is 4.84 Å². The van der Waals surface area contributed by atoms with E-state index in [1.165, 1.54) is 32.1 Å². The average molecular weight is 287 g/mol. The van der Waals surface area contributed by atoms with Crippen LogP contribution in [0.5, 0.6) is 0 Å². The number of Topliss-reactive ketones (excluding diaryl/α,β-unsaturated/α-hetero) is 1. The maximum Gasteiger partial charge on any atom is 0.210 e. The normalized spacial score (nSPS) is 17.4. The summed E-state index contributed by atoms with van der Waals surface area (Å²) in [5.41, 5.74) is 4.04. The Bertz CT molecular complexity index is 467. The van der Waals surface area contributed by atoms with Crippen LogP contribution in [0.2, 0.25) is 0 Å². The fraction of sp³-hybridized carbons (Fsp3) is 0.500. The number of ketones is 1. The lowest BCUT2D eigenvalue weighted by Gasteiger charge is -2.06. The first-order valence-corrected chi connectivity index (χ1v) is 8.04. The highest BCUT2D eigenvalue weighted by Gasteiger charge is 2.21. The number of rotatable bonds is 9. The van der Waals surface area contributed by atoms with Gasteiger partial charge in [-0.1, -0.05) is 75.8 Å². The zero-order valence-corrected chi connectivity index (χ0v) is 12.8. The van der Waals surface area contributed by atoms with Gasteiger partial charge >= 0.3 is 0 Å². The molecule has 1 aliphatic rings. The van der Waals surface area contributed by atoms with Gasteiger partial charge in [0.25, 0.3) is 0 Å². The fourth-order valence-electron chi connectivity index (χ4n) is 2.53. The molecule has 1 atom stereocenters. The Kier molecular flexibility index (Phi) is 6.48. The van der Waals surface area contributed by atoms with Crippen molar-refractivity contribution >= 4 is 5.78 Å². The third-order valence-electron chi connectivity index (χ3n) is 3.80. The highest BCUT2D eigenvalue weighted by Crippen LogP contribution is 2.18. The van der Waals surface area contributed by atoms with Crippen LogP contribution in [0.15, 0.2) is 42.1 Å². The van der Waals surface area contributed by atoms with Crippen LogP contribution in [-0.4, -0.2) is 11.9 Å². The molecule has 0 saturated carbocycles. The molecule has 0 amide bonds. The first-order valence-electron chi connectivity index (χ1n) is 8.04. The van der Waals surface area contributed by atoms with Gasteiger partial charge in [0, 0.05) is 5.56 Å². The Labute approximate surface area is 127 Å². The number of carbonyl (C=O) groups excluding carboxylic acids is 1. The van der Waals surface area contributed by atoms with E-state index >= 15 is 0 Å². The largest absolute Gasteiger partial charge is 0.287 e. The van der Waals surface area contributed by atoms with E-state index in [0.29, 0.717) is 11.3 Å². The molecule has 3 nitrogen and oxygen atoms in total. The quantitative estimate of drug-likeness (QED) is 0.540. The van der Waals surface area contributed by atoms with Crippen molar-refractivity contribution in [2.75, 3.05) is 0 Å². The predicted octanol–water partition coefficient (Wildman–Crippen LogP) is 4.41. The van der Waals surface area contributed by atoms with Gasteiger partial charge in [-0.2, -0.15) is 0 Å². The van der Waals surface area contributed by atoms with Crippen molar-refractivity contribution in [3.8, 4) is 0 Å². The van der Waals surface area contributed by atoms with Gasteiger partial charge in [-0.15, -0.1) is 0 Å². The molecule has 1 aromatic carbocycles. The topological polar surface area (TPSA) is 38.3 Å². The van der Waals surface area contributed by atoms with Gasteiger partial charge in [0.15, 0.2) is 0 Å². The van der Waals surface area contributed by atoms with E-state index in [-0.39, 0.29) is 11.9 Å². The summed E-state index contributed by atoms with van der Waals surface area (Å²) in [6.45, 7) is 2.23. The average Bonchev–Trinajstić information content (AvgIpc) is 3.00. The standard InChI is InChI=1S/C18H25NO2/c1-2-3-4-5-6-10-13-16-14-17(19-21-16)18(20)15-11-8-7-9-12-15/h7-9,11-12,14,16,19H,2-6,10,13H2,1H3. The van der Waals surface area contributed by atoms with Gasteiger partial charge in [0.1, 0.15) is 11.8 Å². The van der Waals surface area contributed by atoms with Crippen molar-refractivity contribution in [1.82, 2.24) is 5.48 Å². The minimum absolute atomic E-state index is 0.000968. The van der Waals surface area contributed by atoms with Crippen LogP contribution in [0.25, 0.3) is 0 Å². The Morgan fingerprint density at radius 1 is 1.10 bits per heavy atom. The summed E-state index contributed by atoms with van der Waals surface area (Å²) in [5, 5.41) is 0. The van der Waals surface area contributed by atoms with E-state index < -0.39 is 0 Å². The Morgan fingerprint density at radius 2 is 1.81 bits per heavy atom. The summed E-state index contributed by atoms with van der Waals surface area (Å²) < 4.78 is 0. The first kappa shape index (κ1) is 15.8. The van der Waals surface area contributed by atoms with Gasteiger partial charge in [0.2, 0.25) is 5.78 Å². The van der Waals surface area contributed by atoms with Gasteiger partial charge in [-0.25, -0.2) is 0 Å². The van der Waals surface area contributed by atoms with Crippen LogP contribution >= 0.6 is 0 Å². The molecular formula is C18H25NO2. The van der Waals surface area contributed by atoms with Gasteiger partial charge in [-0.05, 0) is 12.5 Å². The van der Waals surface area contributed by atoms with Crippen molar-refractivity contribution in [2.24, 2.45) is 0 Å². The summed E-state index contributed by atoms with van der Waals surface area (Å²) in [6, 6.07) is 9.30. The Hall–Kier alpha value is -1.61. The molecule has 0 bridgehead atoms. The lowest BCUT2D eigenvalue weighted by atomic mass is 10.0. The molecule has 1 heterocycles. The maximum atomic E-state index is 12.2. The molecule has 0 spiro atoms. The van der Waals surface area contributed by atoms with Crippen molar-refractivity contribution in [1.29, 1.82) is 0 Å². The molecule has 1 unspecified atom stereocenters. The summed E-state index contributed by atoms with van der Waals surface area (Å²) >= 11 is 0. The molecule has 1 aromatic rings. The lowest BCUT2D eigenvalue weighted by molar-refractivity contribution is 0.0356. The summed E-state index contributed by atoms with van der Waals surface area (Å²) in [5.74, 6) is 0.000968. The predicted molar refractivity (Wildman–Crippen MR) is 84.9 cm³/mol. The summed E-state index contributed by atoms with van der Waals surface area (Å²) in [4.78, 5) is 17.7. The van der Waals surface area contributed by atoms with E-state index in [1.807, 2.05) is 36.4 Å². The van der Waals surface area contributed by atoms with E-state index in [9.17, 15) is 4.79 Å². The molecule has 3 heteroatoms. The molecule has 21 heavy (non-hydrogen) atoms. The second kappa shape index (κ2) is 8.63. The number of carbonyl (C=O) groups is 1. The van der Waals surface area contributed by atoms with Crippen molar-refractivity contribution in [2.45, 2.75) is 58.0 Å². The SMILES string of the molecule is CCCCCCCCC1C=C(C(=O)c2ccccc2)NO1. The smallest absolute Gasteiger partial charge is 0.210 e. The molecule has 1 aliphatic heterocycles. The molecule has 2 rings (SSSR count). The minimum atomic E-state index is 0.000968. The van der Waals surface area contributed by atoms with E-state index in [1.54, 1.807) is 0 Å². The van der Waals surface area contributed by atoms with E-state index in [2.05, 4.69) is 12.4 Å². The Balaban J connectivity index is 1.73. The van der Waals surface area contributed by atoms with Crippen LogP contribution in [0.1, 0.15) is 62.2 Å². The van der Waals surface area contributed by atoms with Crippen molar-refractivity contribution in [3.05, 3.63) is 47.7 Å². The molecule has 0 saturated heterocycles. The number of benzene rings is 1. The minimum Gasteiger partial charge on any atom is -0.287 e. The lowest BCUT2D eigenvalue weighted by Crippen LogP contribution is -2.17. The number of allylic oxidation sites excluding steroid dienone is 1. The molecule has 1 N–H and O–H groups in total. The third kappa shape index (κ3) is 5.01. The third-order valence-corrected chi connectivity index (χ3v) is 3.80. The number of hydrogen-bond donors (Lipinski definition) is 1. The molecular weight excluding hydrogens is 262 g/mol. The van der Waals surface area contributed by atoms with E-state index in [0.717, 1.165) is 12.8 Å². The zero-order chi connectivity index (χ0) is 14.9. The molecule has 114 valence electrons. The Morgan fingerprint density at radius 3 is 2.57 bits per heavy atom. The van der Waals surface area contributed by atoms with Crippen molar-refractivity contribution < 1.29 is 9.63 Å². The van der Waals surface area contributed by atoms with Crippen LogP contribution in [0.3, 0.4) is 0 Å². The van der Waals surface area contributed by atoms with Crippen LogP contribution < -0.4 is 5.48 Å². The van der Waals surface area contributed by atoms with Gasteiger partial charge in [0.05, 0.1) is 0 Å². The first-order chi connectivity index (χ1) is 10.3. The molecule has 0 radical (unpaired) electrons. The monoisotopic (exact) mass is 287 g/mol. The van der Waals surface area contributed by atoms with Gasteiger partial charge in [-0.3, -0.25) is 15.1 Å². The number of nitrogens with one attached hydrogen (secondary N) is 1. The molecule has 0 fully saturated rings. The van der Waals surface area contributed by atoms with Gasteiger partial charge < -0.3 is 0 Å². The van der Waals surface area contributed by atoms with Crippen LogP contribution in [0, 0.1) is 0 Å². The fourth-order valence-corrected chi connectivity index (χ4v) is 2.53. The van der Waals surface area contributed by atoms with Crippen LogP contribution in [0.4, 0.5) is 0 Å². The van der Waals surface area contributed by atoms with Crippen LogP contribution in [-0.2, 0) is 4.84 Å². The molecule has 0 aliphatic carbocycles. The highest BCUT2D eigenvalue weighted by molar-refractivity contribution is 6.08. The maximum absolute atomic E-state index is 12.2. The summed E-state index contributed by atoms with van der Waals surface area (Å²) in [6.07, 6.45) is 10.6.